The van der Waals surface area contributed by atoms with Crippen LogP contribution in [0.3, 0.4) is 0 Å². The maximum absolute atomic E-state index is 9.91. The van der Waals surface area contributed by atoms with Crippen LogP contribution < -0.4 is 14.3 Å². The van der Waals surface area contributed by atoms with Crippen LogP contribution in [0, 0.1) is 0 Å². The summed E-state index contributed by atoms with van der Waals surface area (Å²) < 4.78 is 13.8. The van der Waals surface area contributed by atoms with Gasteiger partial charge in [0.25, 0.3) is 0 Å². The molecule has 0 unspecified atom stereocenters. The molecule has 1 aromatic heterocycles. The number of halogens is 2. The highest BCUT2D eigenvalue weighted by Crippen LogP contribution is 2.34. The van der Waals surface area contributed by atoms with Crippen molar-refractivity contribution in [1.82, 2.24) is 4.68 Å². The first kappa shape index (κ1) is 21.6. The van der Waals surface area contributed by atoms with Gasteiger partial charge in [0.05, 0.1) is 35.1 Å². The quantitative estimate of drug-likeness (QED) is 0.433. The van der Waals surface area contributed by atoms with Crippen LogP contribution in [0.2, 0.25) is 0 Å². The molecule has 9 heteroatoms. The summed E-state index contributed by atoms with van der Waals surface area (Å²) in [7, 11) is 3.25. The predicted octanol–water partition coefficient (Wildman–Crippen LogP) is 5.27. The number of aromatic hydroxyl groups is 1. The van der Waals surface area contributed by atoms with E-state index in [1.54, 1.807) is 37.2 Å². The standard InChI is InChI=1S/C20H19Br2N3O3S/c1-4-23-20-25(24-10-12-7-15(21)19(26)16(22)8-12)17(11-29-20)14-6-5-13(27-2)9-18(14)28-3/h5-11,26H,4H2,1-3H3. The minimum Gasteiger partial charge on any atom is -0.506 e. The molecule has 0 bridgehead atoms. The van der Waals surface area contributed by atoms with E-state index in [-0.39, 0.29) is 5.75 Å². The first-order chi connectivity index (χ1) is 14.0. The summed E-state index contributed by atoms with van der Waals surface area (Å²) in [6.07, 6.45) is 1.72. The van der Waals surface area contributed by atoms with E-state index in [0.29, 0.717) is 27.0 Å². The smallest absolute Gasteiger partial charge is 0.206 e. The van der Waals surface area contributed by atoms with E-state index < -0.39 is 0 Å². The summed E-state index contributed by atoms with van der Waals surface area (Å²) >= 11 is 8.20. The van der Waals surface area contributed by atoms with Gasteiger partial charge in [0.15, 0.2) is 0 Å². The van der Waals surface area contributed by atoms with Gasteiger partial charge in [0.2, 0.25) is 4.80 Å². The van der Waals surface area contributed by atoms with E-state index in [9.17, 15) is 5.11 Å². The monoisotopic (exact) mass is 539 g/mol. The van der Waals surface area contributed by atoms with Gasteiger partial charge in [-0.1, -0.05) is 0 Å². The number of phenols is 1. The predicted molar refractivity (Wildman–Crippen MR) is 123 cm³/mol. The van der Waals surface area contributed by atoms with Gasteiger partial charge in [-0.3, -0.25) is 4.99 Å². The Morgan fingerprint density at radius 3 is 2.48 bits per heavy atom. The van der Waals surface area contributed by atoms with Gasteiger partial charge in [0, 0.05) is 23.6 Å². The topological polar surface area (TPSA) is 68.3 Å². The van der Waals surface area contributed by atoms with Crippen LogP contribution in [0.1, 0.15) is 12.5 Å². The zero-order chi connectivity index (χ0) is 21.0. The molecule has 0 aliphatic carbocycles. The molecule has 2 aromatic carbocycles. The third-order valence-electron chi connectivity index (χ3n) is 4.02. The highest BCUT2D eigenvalue weighted by atomic mass is 79.9. The third-order valence-corrected chi connectivity index (χ3v) is 6.09. The van der Waals surface area contributed by atoms with Crippen LogP contribution >= 0.6 is 43.2 Å². The minimum absolute atomic E-state index is 0.149. The number of nitrogens with zero attached hydrogens (tertiary/aromatic N) is 3. The van der Waals surface area contributed by atoms with Crippen molar-refractivity contribution in [3.63, 3.8) is 0 Å². The van der Waals surface area contributed by atoms with Crippen molar-refractivity contribution in [3.05, 3.63) is 55.0 Å². The molecule has 0 amide bonds. The average Bonchev–Trinajstić information content (AvgIpc) is 3.12. The van der Waals surface area contributed by atoms with Crippen molar-refractivity contribution in [1.29, 1.82) is 0 Å². The molecule has 0 saturated carbocycles. The number of phenolic OH excluding ortho intramolecular Hbond substituents is 1. The Kier molecular flexibility index (Phi) is 7.15. The van der Waals surface area contributed by atoms with E-state index in [0.717, 1.165) is 21.6 Å². The number of thiazole rings is 1. The maximum atomic E-state index is 9.91. The molecule has 0 spiro atoms. The molecule has 3 rings (SSSR count). The molecule has 1 N–H and O–H groups in total. The van der Waals surface area contributed by atoms with Crippen molar-refractivity contribution < 1.29 is 14.6 Å². The van der Waals surface area contributed by atoms with Crippen LogP contribution in [0.5, 0.6) is 17.2 Å². The first-order valence-corrected chi connectivity index (χ1v) is 11.1. The van der Waals surface area contributed by atoms with Crippen LogP contribution in [-0.2, 0) is 0 Å². The van der Waals surface area contributed by atoms with Gasteiger partial charge < -0.3 is 14.6 Å². The average molecular weight is 541 g/mol. The molecule has 1 heterocycles. The molecule has 0 fully saturated rings. The highest BCUT2D eigenvalue weighted by Gasteiger charge is 2.14. The van der Waals surface area contributed by atoms with Crippen molar-refractivity contribution in [2.75, 3.05) is 20.8 Å². The van der Waals surface area contributed by atoms with Gasteiger partial charge in [0.1, 0.15) is 17.2 Å². The lowest BCUT2D eigenvalue weighted by Crippen LogP contribution is -2.12. The molecule has 0 saturated heterocycles. The Morgan fingerprint density at radius 1 is 1.14 bits per heavy atom. The summed E-state index contributed by atoms with van der Waals surface area (Å²) in [5, 5.41) is 16.6. The van der Waals surface area contributed by atoms with Gasteiger partial charge in [-0.25, -0.2) is 4.68 Å². The van der Waals surface area contributed by atoms with Crippen LogP contribution in [0.25, 0.3) is 11.3 Å². The molecular weight excluding hydrogens is 522 g/mol. The Hall–Kier alpha value is -2.10. The number of methoxy groups -OCH3 is 2. The van der Waals surface area contributed by atoms with E-state index in [4.69, 9.17) is 9.47 Å². The second-order valence-corrected chi connectivity index (χ2v) is 8.38. The minimum atomic E-state index is 0.149. The van der Waals surface area contributed by atoms with Gasteiger partial charge in [-0.05, 0) is 68.6 Å². The normalized spacial score (nSPS) is 12.0. The highest BCUT2D eigenvalue weighted by molar-refractivity contribution is 9.11. The zero-order valence-electron chi connectivity index (χ0n) is 16.0. The number of benzene rings is 2. The van der Waals surface area contributed by atoms with Crippen molar-refractivity contribution >= 4 is 49.4 Å². The summed E-state index contributed by atoms with van der Waals surface area (Å²) in [6, 6.07) is 9.25. The fraction of sp³-hybridized carbons (Fsp3) is 0.200. The molecule has 0 aliphatic rings. The van der Waals surface area contributed by atoms with Crippen LogP contribution in [0.15, 0.2) is 54.8 Å². The Balaban J connectivity index is 2.12. The Bertz CT molecular complexity index is 1100. The van der Waals surface area contributed by atoms with Gasteiger partial charge >= 0.3 is 0 Å². The van der Waals surface area contributed by atoms with Crippen molar-refractivity contribution in [2.45, 2.75) is 6.92 Å². The van der Waals surface area contributed by atoms with E-state index in [1.807, 2.05) is 30.5 Å². The summed E-state index contributed by atoms with van der Waals surface area (Å²) in [5.74, 6) is 1.55. The number of aromatic nitrogens is 1. The molecular formula is C20H19Br2N3O3S. The fourth-order valence-electron chi connectivity index (χ4n) is 2.63. The largest absolute Gasteiger partial charge is 0.506 e. The lowest BCUT2D eigenvalue weighted by Gasteiger charge is -2.11. The van der Waals surface area contributed by atoms with E-state index in [1.165, 1.54) is 11.3 Å². The molecule has 6 nitrogen and oxygen atoms in total. The molecule has 152 valence electrons. The first-order valence-electron chi connectivity index (χ1n) is 8.64. The zero-order valence-corrected chi connectivity index (χ0v) is 20.0. The molecule has 0 aliphatic heterocycles. The second-order valence-electron chi connectivity index (χ2n) is 5.83. The molecule has 29 heavy (non-hydrogen) atoms. The Morgan fingerprint density at radius 2 is 1.86 bits per heavy atom. The molecule has 0 atom stereocenters. The summed E-state index contributed by atoms with van der Waals surface area (Å²) in [6.45, 7) is 2.63. The lowest BCUT2D eigenvalue weighted by atomic mass is 10.1. The number of rotatable bonds is 6. The lowest BCUT2D eigenvalue weighted by molar-refractivity contribution is 0.395. The van der Waals surface area contributed by atoms with Crippen molar-refractivity contribution in [3.8, 4) is 28.5 Å². The third kappa shape index (κ3) is 4.73. The maximum Gasteiger partial charge on any atom is 0.206 e. The van der Waals surface area contributed by atoms with E-state index >= 15 is 0 Å². The Labute approximate surface area is 189 Å². The van der Waals surface area contributed by atoms with Crippen LogP contribution in [-0.4, -0.2) is 36.8 Å². The molecule has 3 aromatic rings. The second kappa shape index (κ2) is 9.60. The van der Waals surface area contributed by atoms with E-state index in [2.05, 4.69) is 42.0 Å². The summed E-state index contributed by atoms with van der Waals surface area (Å²) in [5.41, 5.74) is 2.55. The van der Waals surface area contributed by atoms with Gasteiger partial charge in [-0.15, -0.1) is 11.3 Å². The SMILES string of the molecule is CCN=c1scc(-c2ccc(OC)cc2OC)n1N=Cc1cc(Br)c(O)c(Br)c1. The van der Waals surface area contributed by atoms with Crippen molar-refractivity contribution in [2.24, 2.45) is 10.1 Å². The molecule has 0 radical (unpaired) electrons. The number of hydrogen-bond acceptors (Lipinski definition) is 6. The number of ether oxygens (including phenoxy) is 2. The summed E-state index contributed by atoms with van der Waals surface area (Å²) in [4.78, 5) is 5.32. The fourth-order valence-corrected chi connectivity index (χ4v) is 4.75. The van der Waals surface area contributed by atoms with Gasteiger partial charge in [-0.2, -0.15) is 5.10 Å². The van der Waals surface area contributed by atoms with Crippen LogP contribution in [0.4, 0.5) is 0 Å². The number of hydrogen-bond donors (Lipinski definition) is 1.